The number of aromatic amines is 1. The number of H-pyrrole nitrogens is 1. The normalized spacial score (nSPS) is 14.9. The molecule has 0 atom stereocenters. The Labute approximate surface area is 186 Å². The first kappa shape index (κ1) is 20.3. The number of amides is 2. The maximum atomic E-state index is 13.1. The van der Waals surface area contributed by atoms with Crippen LogP contribution in [0.2, 0.25) is 0 Å². The Balaban J connectivity index is 1.68. The number of hydrogen-bond donors (Lipinski definition) is 2. The third-order valence-electron chi connectivity index (χ3n) is 6.49. The Hall–Kier alpha value is -3.64. The lowest BCUT2D eigenvalue weighted by atomic mass is 9.94. The molecule has 6 nitrogen and oxygen atoms in total. The molecule has 4 aromatic rings. The lowest BCUT2D eigenvalue weighted by Crippen LogP contribution is -2.47. The molecular formula is C26H26N4O2. The first-order chi connectivity index (χ1) is 15.4. The molecule has 3 N–H and O–H groups in total. The average molecular weight is 427 g/mol. The summed E-state index contributed by atoms with van der Waals surface area (Å²) in [5, 5.41) is 1.92. The van der Waals surface area contributed by atoms with Crippen LogP contribution in [0.3, 0.4) is 0 Å². The number of rotatable bonds is 3. The first-order valence-electron chi connectivity index (χ1n) is 10.9. The average Bonchev–Trinajstić information content (AvgIpc) is 3.17. The second kappa shape index (κ2) is 7.80. The van der Waals surface area contributed by atoms with Crippen LogP contribution >= 0.6 is 0 Å². The molecular weight excluding hydrogens is 400 g/mol. The van der Waals surface area contributed by atoms with Crippen molar-refractivity contribution in [3.63, 3.8) is 0 Å². The van der Waals surface area contributed by atoms with Gasteiger partial charge in [0.2, 0.25) is 0 Å². The minimum absolute atomic E-state index is 0.0351. The van der Waals surface area contributed by atoms with Crippen molar-refractivity contribution in [3.8, 4) is 11.1 Å². The SMILES string of the molecule is Cc1ccccc1-c1ccc(C(N)=O)c2[nH]c3cc(C(=O)N4CCN(C)CC4)ccc3c12. The van der Waals surface area contributed by atoms with E-state index in [-0.39, 0.29) is 5.91 Å². The Bertz CT molecular complexity index is 1360. The zero-order valence-corrected chi connectivity index (χ0v) is 18.3. The van der Waals surface area contributed by atoms with Crippen molar-refractivity contribution < 1.29 is 9.59 Å². The molecule has 1 aliphatic rings. The van der Waals surface area contributed by atoms with Gasteiger partial charge in [-0.1, -0.05) is 36.4 Å². The van der Waals surface area contributed by atoms with Crippen LogP contribution in [-0.4, -0.2) is 59.8 Å². The quantitative estimate of drug-likeness (QED) is 0.523. The standard InChI is InChI=1S/C26H26N4O2/c1-16-5-3-4-6-18(16)19-9-10-21(25(27)31)24-23(19)20-8-7-17(15-22(20)28-24)26(32)30-13-11-29(2)12-14-30/h3-10,15,28H,11-14H2,1-2H3,(H2,27,31). The van der Waals surface area contributed by atoms with Crippen LogP contribution < -0.4 is 5.73 Å². The molecule has 6 heteroatoms. The van der Waals surface area contributed by atoms with E-state index in [0.29, 0.717) is 16.6 Å². The maximum absolute atomic E-state index is 13.1. The van der Waals surface area contributed by atoms with Gasteiger partial charge in [0.05, 0.1) is 11.1 Å². The smallest absolute Gasteiger partial charge is 0.254 e. The highest BCUT2D eigenvalue weighted by atomic mass is 16.2. The molecule has 1 aliphatic heterocycles. The second-order valence-corrected chi connectivity index (χ2v) is 8.57. The van der Waals surface area contributed by atoms with Gasteiger partial charge in [0, 0.05) is 48.0 Å². The number of nitrogens with two attached hydrogens (primary N) is 1. The number of carbonyl (C=O) groups excluding carboxylic acids is 2. The molecule has 1 saturated heterocycles. The molecule has 0 aliphatic carbocycles. The van der Waals surface area contributed by atoms with E-state index < -0.39 is 5.91 Å². The monoisotopic (exact) mass is 426 g/mol. The molecule has 5 rings (SSSR count). The van der Waals surface area contributed by atoms with E-state index in [9.17, 15) is 9.59 Å². The van der Waals surface area contributed by atoms with Gasteiger partial charge in [-0.2, -0.15) is 0 Å². The van der Waals surface area contributed by atoms with Crippen LogP contribution in [-0.2, 0) is 0 Å². The zero-order chi connectivity index (χ0) is 22.4. The van der Waals surface area contributed by atoms with Gasteiger partial charge in [0.1, 0.15) is 0 Å². The minimum Gasteiger partial charge on any atom is -0.366 e. The number of carbonyl (C=O) groups is 2. The highest BCUT2D eigenvalue weighted by Crippen LogP contribution is 2.37. The summed E-state index contributed by atoms with van der Waals surface area (Å²) in [6, 6.07) is 17.7. The fourth-order valence-electron chi connectivity index (χ4n) is 4.64. The summed E-state index contributed by atoms with van der Waals surface area (Å²) in [4.78, 5) is 32.8. The third kappa shape index (κ3) is 3.33. The van der Waals surface area contributed by atoms with Gasteiger partial charge in [-0.05, 0) is 48.9 Å². The maximum Gasteiger partial charge on any atom is 0.254 e. The molecule has 1 fully saturated rings. The number of aryl methyl sites for hydroxylation is 1. The number of likely N-dealkylation sites (N-methyl/N-ethyl adjacent to an activating group) is 1. The molecule has 0 unspecified atom stereocenters. The van der Waals surface area contributed by atoms with Crippen LogP contribution in [0.1, 0.15) is 26.3 Å². The molecule has 0 spiro atoms. The van der Waals surface area contributed by atoms with Crippen LogP contribution in [0.25, 0.3) is 32.9 Å². The first-order valence-corrected chi connectivity index (χ1v) is 10.9. The summed E-state index contributed by atoms with van der Waals surface area (Å²) < 4.78 is 0. The molecule has 0 radical (unpaired) electrons. The van der Waals surface area contributed by atoms with E-state index in [1.807, 2.05) is 41.3 Å². The van der Waals surface area contributed by atoms with Crippen molar-refractivity contribution in [2.75, 3.05) is 33.2 Å². The fourth-order valence-corrected chi connectivity index (χ4v) is 4.64. The minimum atomic E-state index is -0.480. The van der Waals surface area contributed by atoms with Crippen molar-refractivity contribution in [1.82, 2.24) is 14.8 Å². The number of hydrogen-bond acceptors (Lipinski definition) is 3. The predicted molar refractivity (Wildman–Crippen MR) is 128 cm³/mol. The summed E-state index contributed by atoms with van der Waals surface area (Å²) in [7, 11) is 2.07. The van der Waals surface area contributed by atoms with Crippen molar-refractivity contribution in [1.29, 1.82) is 0 Å². The highest BCUT2D eigenvalue weighted by molar-refractivity contribution is 6.20. The molecule has 3 aromatic carbocycles. The van der Waals surface area contributed by atoms with Crippen molar-refractivity contribution in [3.05, 3.63) is 71.3 Å². The Morgan fingerprint density at radius 3 is 2.41 bits per heavy atom. The lowest BCUT2D eigenvalue weighted by molar-refractivity contribution is 0.0664. The van der Waals surface area contributed by atoms with Gasteiger partial charge in [-0.3, -0.25) is 9.59 Å². The van der Waals surface area contributed by atoms with Crippen LogP contribution in [0.5, 0.6) is 0 Å². The molecule has 1 aromatic heterocycles. The van der Waals surface area contributed by atoms with E-state index >= 15 is 0 Å². The van der Waals surface area contributed by atoms with E-state index in [1.165, 1.54) is 0 Å². The Morgan fingerprint density at radius 1 is 0.938 bits per heavy atom. The molecule has 0 bridgehead atoms. The fraction of sp³-hybridized carbons (Fsp3) is 0.231. The summed E-state index contributed by atoms with van der Waals surface area (Å²) in [6.45, 7) is 5.28. The largest absolute Gasteiger partial charge is 0.366 e. The number of fused-ring (bicyclic) bond motifs is 3. The number of nitrogens with zero attached hydrogens (tertiary/aromatic N) is 2. The van der Waals surface area contributed by atoms with Crippen molar-refractivity contribution >= 4 is 33.6 Å². The molecule has 2 amide bonds. The number of piperazine rings is 1. The number of benzene rings is 3. The lowest BCUT2D eigenvalue weighted by Gasteiger charge is -2.32. The topological polar surface area (TPSA) is 82.4 Å². The van der Waals surface area contributed by atoms with Gasteiger partial charge in [0.15, 0.2) is 0 Å². The predicted octanol–water partition coefficient (Wildman–Crippen LogP) is 3.78. The molecule has 2 heterocycles. The second-order valence-electron chi connectivity index (χ2n) is 8.57. The zero-order valence-electron chi connectivity index (χ0n) is 18.3. The highest BCUT2D eigenvalue weighted by Gasteiger charge is 2.22. The summed E-state index contributed by atoms with van der Waals surface area (Å²) >= 11 is 0. The van der Waals surface area contributed by atoms with Crippen LogP contribution in [0.15, 0.2) is 54.6 Å². The summed E-state index contributed by atoms with van der Waals surface area (Å²) in [6.07, 6.45) is 0. The van der Waals surface area contributed by atoms with E-state index in [1.54, 1.807) is 6.07 Å². The van der Waals surface area contributed by atoms with E-state index in [4.69, 9.17) is 5.73 Å². The van der Waals surface area contributed by atoms with E-state index in [0.717, 1.165) is 59.2 Å². The summed E-state index contributed by atoms with van der Waals surface area (Å²) in [5.74, 6) is -0.445. The Morgan fingerprint density at radius 2 is 1.69 bits per heavy atom. The van der Waals surface area contributed by atoms with Crippen LogP contribution in [0.4, 0.5) is 0 Å². The molecule has 162 valence electrons. The number of primary amides is 1. The molecule has 32 heavy (non-hydrogen) atoms. The summed E-state index contributed by atoms with van der Waals surface area (Å²) in [5.41, 5.74) is 11.6. The van der Waals surface area contributed by atoms with Crippen LogP contribution in [0, 0.1) is 6.92 Å². The number of aromatic nitrogens is 1. The van der Waals surface area contributed by atoms with Crippen molar-refractivity contribution in [2.45, 2.75) is 6.92 Å². The van der Waals surface area contributed by atoms with Gasteiger partial charge >= 0.3 is 0 Å². The number of nitrogens with one attached hydrogen (secondary N) is 1. The Kier molecular flexibility index (Phi) is 4.94. The van der Waals surface area contributed by atoms with Gasteiger partial charge in [-0.15, -0.1) is 0 Å². The van der Waals surface area contributed by atoms with Gasteiger partial charge < -0.3 is 20.5 Å². The van der Waals surface area contributed by atoms with E-state index in [2.05, 4.69) is 36.0 Å². The third-order valence-corrected chi connectivity index (χ3v) is 6.49. The van der Waals surface area contributed by atoms with Gasteiger partial charge in [-0.25, -0.2) is 0 Å². The molecule has 0 saturated carbocycles. The van der Waals surface area contributed by atoms with Crippen molar-refractivity contribution in [2.24, 2.45) is 5.73 Å². The van der Waals surface area contributed by atoms with Gasteiger partial charge in [0.25, 0.3) is 11.8 Å².